The zero-order chi connectivity index (χ0) is 13.7. The van der Waals surface area contributed by atoms with Crippen molar-refractivity contribution < 1.29 is 9.90 Å². The Labute approximate surface area is 102 Å². The van der Waals surface area contributed by atoms with Gasteiger partial charge in [-0.3, -0.25) is 0 Å². The molecular weight excluding hydrogens is 238 g/mol. The van der Waals surface area contributed by atoms with E-state index >= 15 is 0 Å². The van der Waals surface area contributed by atoms with E-state index in [4.69, 9.17) is 5.11 Å². The van der Waals surface area contributed by atoms with Crippen LogP contribution in [0.2, 0.25) is 0 Å². The number of aromatic carboxylic acids is 1. The van der Waals surface area contributed by atoms with Gasteiger partial charge in [-0.1, -0.05) is 13.8 Å². The Bertz CT molecular complexity index is 606. The van der Waals surface area contributed by atoms with E-state index in [0.717, 1.165) is 4.57 Å². The Balaban J connectivity index is 0.000000771. The highest BCUT2D eigenvalue weighted by molar-refractivity contribution is 5.87. The molecule has 1 aromatic heterocycles. The van der Waals surface area contributed by atoms with Crippen LogP contribution in [-0.2, 0) is 0 Å². The Kier molecular flexibility index (Phi) is 4.25. The van der Waals surface area contributed by atoms with E-state index < -0.39 is 17.3 Å². The molecule has 0 unspecified atom stereocenters. The average Bonchev–Trinajstić information content (AvgIpc) is 2.72. The topological polar surface area (TPSA) is 108 Å². The quantitative estimate of drug-likeness (QED) is 0.725. The molecule has 1 heterocycles. The molecule has 2 aromatic rings. The number of aromatic nitrogens is 3. The highest BCUT2D eigenvalue weighted by atomic mass is 16.4. The van der Waals surface area contributed by atoms with Gasteiger partial charge in [-0.15, -0.1) is 0 Å². The third kappa shape index (κ3) is 2.57. The van der Waals surface area contributed by atoms with Gasteiger partial charge in [0, 0.05) is 0 Å². The molecule has 0 fully saturated rings. The molecule has 0 amide bonds. The van der Waals surface area contributed by atoms with Crippen molar-refractivity contribution in [2.24, 2.45) is 0 Å². The number of hydrogen-bond acceptors (Lipinski definition) is 3. The van der Waals surface area contributed by atoms with Crippen LogP contribution < -0.4 is 11.4 Å². The second-order valence-electron chi connectivity index (χ2n) is 3.05. The summed E-state index contributed by atoms with van der Waals surface area (Å²) in [5.41, 5.74) is -0.817. The first-order chi connectivity index (χ1) is 8.59. The summed E-state index contributed by atoms with van der Waals surface area (Å²) < 4.78 is 0.867. The fourth-order valence-corrected chi connectivity index (χ4v) is 1.30. The Morgan fingerprint density at radius 2 is 1.50 bits per heavy atom. The summed E-state index contributed by atoms with van der Waals surface area (Å²) in [6, 6.07) is 5.40. The lowest BCUT2D eigenvalue weighted by Gasteiger charge is -1.99. The summed E-state index contributed by atoms with van der Waals surface area (Å²) in [6.45, 7) is 4.00. The smallest absolute Gasteiger partial charge is 0.348 e. The van der Waals surface area contributed by atoms with Crippen molar-refractivity contribution in [3.05, 3.63) is 50.8 Å². The Morgan fingerprint density at radius 1 is 1.06 bits per heavy atom. The lowest BCUT2D eigenvalue weighted by Crippen LogP contribution is -2.24. The molecular formula is C11H13N3O4. The summed E-state index contributed by atoms with van der Waals surface area (Å²) in [7, 11) is 0. The van der Waals surface area contributed by atoms with Crippen LogP contribution in [0.1, 0.15) is 24.2 Å². The maximum atomic E-state index is 11.2. The molecule has 0 atom stereocenters. The lowest BCUT2D eigenvalue weighted by molar-refractivity contribution is 0.0697. The molecule has 0 aliphatic heterocycles. The van der Waals surface area contributed by atoms with Gasteiger partial charge in [0.2, 0.25) is 0 Å². The summed E-state index contributed by atoms with van der Waals surface area (Å²) in [5, 5.41) is 12.9. The van der Waals surface area contributed by atoms with Crippen LogP contribution in [0.5, 0.6) is 0 Å². The molecule has 2 rings (SSSR count). The maximum Gasteiger partial charge on any atom is 0.348 e. The summed E-state index contributed by atoms with van der Waals surface area (Å²) >= 11 is 0. The van der Waals surface area contributed by atoms with Crippen molar-refractivity contribution in [2.45, 2.75) is 13.8 Å². The van der Waals surface area contributed by atoms with E-state index in [0.29, 0.717) is 5.69 Å². The van der Waals surface area contributed by atoms with Gasteiger partial charge in [-0.25, -0.2) is 29.1 Å². The normalized spacial score (nSPS) is 9.44. The van der Waals surface area contributed by atoms with Gasteiger partial charge in [0.1, 0.15) is 0 Å². The van der Waals surface area contributed by atoms with Crippen molar-refractivity contribution in [2.75, 3.05) is 0 Å². The van der Waals surface area contributed by atoms with Gasteiger partial charge in [0.05, 0.1) is 11.3 Å². The third-order valence-corrected chi connectivity index (χ3v) is 2.06. The predicted molar refractivity (Wildman–Crippen MR) is 65.3 cm³/mol. The molecule has 0 radical (unpaired) electrons. The number of rotatable bonds is 2. The molecule has 7 heteroatoms. The number of carbonyl (C=O) groups is 1. The Hall–Kier alpha value is -2.57. The molecule has 1 aromatic carbocycles. The highest BCUT2D eigenvalue weighted by Crippen LogP contribution is 2.05. The molecule has 0 bridgehead atoms. The number of hydrogen-bond donors (Lipinski definition) is 3. The summed E-state index contributed by atoms with van der Waals surface area (Å²) in [4.78, 5) is 33.0. The molecule has 96 valence electrons. The molecule has 0 aliphatic carbocycles. The van der Waals surface area contributed by atoms with Gasteiger partial charge >= 0.3 is 17.3 Å². The second-order valence-corrected chi connectivity index (χ2v) is 3.05. The van der Waals surface area contributed by atoms with Crippen LogP contribution in [0, 0.1) is 0 Å². The minimum atomic E-state index is -1.07. The van der Waals surface area contributed by atoms with Crippen LogP contribution in [0.3, 0.4) is 0 Å². The fourth-order valence-electron chi connectivity index (χ4n) is 1.30. The van der Waals surface area contributed by atoms with Gasteiger partial charge < -0.3 is 5.11 Å². The number of carboxylic acids is 1. The fraction of sp³-hybridized carbons (Fsp3) is 0.182. The predicted octanol–water partition coefficient (Wildman–Crippen LogP) is 0.578. The number of H-pyrrole nitrogens is 2. The van der Waals surface area contributed by atoms with Crippen LogP contribution >= 0.6 is 0 Å². The lowest BCUT2D eigenvalue weighted by atomic mass is 10.2. The van der Waals surface area contributed by atoms with Crippen molar-refractivity contribution in [1.29, 1.82) is 0 Å². The molecule has 7 nitrogen and oxygen atoms in total. The third-order valence-electron chi connectivity index (χ3n) is 2.06. The van der Waals surface area contributed by atoms with Crippen LogP contribution in [0.15, 0.2) is 33.9 Å². The largest absolute Gasteiger partial charge is 0.478 e. The number of aromatic amines is 2. The molecule has 0 saturated heterocycles. The number of carboxylic acid groups (broad SMARTS) is 1. The van der Waals surface area contributed by atoms with E-state index in [9.17, 15) is 14.4 Å². The Morgan fingerprint density at radius 3 is 1.89 bits per heavy atom. The first-order valence-corrected chi connectivity index (χ1v) is 5.33. The van der Waals surface area contributed by atoms with Gasteiger partial charge in [-0.05, 0) is 24.3 Å². The van der Waals surface area contributed by atoms with E-state index in [1.54, 1.807) is 0 Å². The minimum Gasteiger partial charge on any atom is -0.478 e. The van der Waals surface area contributed by atoms with Crippen LogP contribution in [0.4, 0.5) is 0 Å². The van der Waals surface area contributed by atoms with Crippen LogP contribution in [0.25, 0.3) is 5.69 Å². The van der Waals surface area contributed by atoms with Gasteiger partial charge in [-0.2, -0.15) is 0 Å². The zero-order valence-electron chi connectivity index (χ0n) is 9.93. The van der Waals surface area contributed by atoms with Crippen molar-refractivity contribution in [3.8, 4) is 5.69 Å². The molecule has 3 N–H and O–H groups in total. The molecule has 0 spiro atoms. The maximum absolute atomic E-state index is 11.2. The SMILES string of the molecule is CC.O=C(O)c1ccc(-n2c(=O)[nH][nH]c2=O)cc1. The monoisotopic (exact) mass is 251 g/mol. The van der Waals surface area contributed by atoms with Crippen molar-refractivity contribution in [1.82, 2.24) is 14.8 Å². The van der Waals surface area contributed by atoms with Gasteiger partial charge in [0.15, 0.2) is 0 Å². The summed E-state index contributed by atoms with van der Waals surface area (Å²) in [6.07, 6.45) is 0. The average molecular weight is 251 g/mol. The standard InChI is InChI=1S/C9H7N3O4.C2H6/c13-7(14)5-1-3-6(4-2-5)12-8(15)10-11-9(12)16;1-2/h1-4H,(H,10,15)(H,11,16)(H,13,14);1-2H3. The van der Waals surface area contributed by atoms with Crippen LogP contribution in [-0.4, -0.2) is 25.8 Å². The van der Waals surface area contributed by atoms with Crippen molar-refractivity contribution >= 4 is 5.97 Å². The van der Waals surface area contributed by atoms with E-state index in [2.05, 4.69) is 10.2 Å². The minimum absolute atomic E-state index is 0.0868. The summed E-state index contributed by atoms with van der Waals surface area (Å²) in [5.74, 6) is -1.07. The van der Waals surface area contributed by atoms with Gasteiger partial charge in [0.25, 0.3) is 0 Å². The molecule has 0 saturated carbocycles. The molecule has 0 aliphatic rings. The van der Waals surface area contributed by atoms with E-state index in [1.165, 1.54) is 24.3 Å². The number of benzene rings is 1. The first kappa shape index (κ1) is 13.5. The van der Waals surface area contributed by atoms with Crippen molar-refractivity contribution in [3.63, 3.8) is 0 Å². The number of nitrogens with zero attached hydrogens (tertiary/aromatic N) is 1. The zero-order valence-corrected chi connectivity index (χ0v) is 9.93. The van der Waals surface area contributed by atoms with E-state index in [-0.39, 0.29) is 5.56 Å². The van der Waals surface area contributed by atoms with E-state index in [1.807, 2.05) is 13.8 Å². The molecule has 18 heavy (non-hydrogen) atoms. The second kappa shape index (κ2) is 5.67. The highest BCUT2D eigenvalue weighted by Gasteiger charge is 2.07. The first-order valence-electron chi connectivity index (χ1n) is 5.33. The number of nitrogens with one attached hydrogen (secondary N) is 2.